The van der Waals surface area contributed by atoms with Crippen molar-refractivity contribution >= 4 is 6.09 Å². The zero-order chi connectivity index (χ0) is 16.9. The number of hydrogen-bond donors (Lipinski definition) is 2. The first kappa shape index (κ1) is 17.7. The zero-order valence-corrected chi connectivity index (χ0v) is 14.6. The molecule has 1 fully saturated rings. The van der Waals surface area contributed by atoms with Crippen LogP contribution in [-0.2, 0) is 4.74 Å². The van der Waals surface area contributed by atoms with E-state index < -0.39 is 5.60 Å². The Bertz CT molecular complexity index is 499. The van der Waals surface area contributed by atoms with E-state index in [0.717, 1.165) is 12.8 Å². The Labute approximate surface area is 139 Å². The van der Waals surface area contributed by atoms with E-state index in [4.69, 9.17) is 4.74 Å². The van der Waals surface area contributed by atoms with Crippen LogP contribution in [0.15, 0.2) is 24.5 Å². The molecule has 0 bridgehead atoms. The molecule has 0 aromatic carbocycles. The molecule has 0 spiro atoms. The highest BCUT2D eigenvalue weighted by Crippen LogP contribution is 2.27. The molecule has 0 radical (unpaired) electrons. The summed E-state index contributed by atoms with van der Waals surface area (Å²) in [5.41, 5.74) is 0.790. The standard InChI is InChI=1S/C18H29N3O2/c1-13(14-8-10-19-11-9-14)21-16-7-5-6-15(16)12-20-17(22)23-18(2,3)4/h8-11,13,15-16,21H,5-7,12H2,1-4H3,(H,20,22). The maximum atomic E-state index is 11.8. The lowest BCUT2D eigenvalue weighted by molar-refractivity contribution is 0.0517. The predicted molar refractivity (Wildman–Crippen MR) is 91.2 cm³/mol. The van der Waals surface area contributed by atoms with Crippen LogP contribution < -0.4 is 10.6 Å². The van der Waals surface area contributed by atoms with E-state index >= 15 is 0 Å². The Morgan fingerprint density at radius 2 is 2.04 bits per heavy atom. The van der Waals surface area contributed by atoms with Crippen LogP contribution in [0.4, 0.5) is 4.79 Å². The Morgan fingerprint density at radius 3 is 2.70 bits per heavy atom. The van der Waals surface area contributed by atoms with Gasteiger partial charge in [-0.3, -0.25) is 4.98 Å². The minimum Gasteiger partial charge on any atom is -0.444 e. The molecule has 5 heteroatoms. The van der Waals surface area contributed by atoms with Crippen LogP contribution in [-0.4, -0.2) is 29.3 Å². The molecule has 5 nitrogen and oxygen atoms in total. The molecule has 3 atom stereocenters. The van der Waals surface area contributed by atoms with Crippen molar-refractivity contribution < 1.29 is 9.53 Å². The molecule has 23 heavy (non-hydrogen) atoms. The molecule has 1 aromatic heterocycles. The smallest absolute Gasteiger partial charge is 0.407 e. The molecule has 0 saturated heterocycles. The molecular formula is C18H29N3O2. The number of rotatable bonds is 5. The number of aromatic nitrogens is 1. The highest BCUT2D eigenvalue weighted by Gasteiger charge is 2.29. The summed E-state index contributed by atoms with van der Waals surface area (Å²) in [6, 6.07) is 4.79. The van der Waals surface area contributed by atoms with Crippen LogP contribution in [0.3, 0.4) is 0 Å². The van der Waals surface area contributed by atoms with Crippen LogP contribution in [0.25, 0.3) is 0 Å². The number of hydrogen-bond acceptors (Lipinski definition) is 4. The van der Waals surface area contributed by atoms with Crippen LogP contribution >= 0.6 is 0 Å². The van der Waals surface area contributed by atoms with Crippen molar-refractivity contribution in [2.75, 3.05) is 6.54 Å². The number of pyridine rings is 1. The van der Waals surface area contributed by atoms with Gasteiger partial charge in [-0.2, -0.15) is 0 Å². The Morgan fingerprint density at radius 1 is 1.35 bits per heavy atom. The van der Waals surface area contributed by atoms with Crippen molar-refractivity contribution in [3.05, 3.63) is 30.1 Å². The lowest BCUT2D eigenvalue weighted by Gasteiger charge is -2.26. The molecule has 128 valence electrons. The van der Waals surface area contributed by atoms with Gasteiger partial charge in [0, 0.05) is 31.0 Å². The zero-order valence-electron chi connectivity index (χ0n) is 14.6. The first-order valence-corrected chi connectivity index (χ1v) is 8.48. The van der Waals surface area contributed by atoms with Crippen LogP contribution in [0, 0.1) is 5.92 Å². The van der Waals surface area contributed by atoms with Crippen LogP contribution in [0.1, 0.15) is 58.6 Å². The van der Waals surface area contributed by atoms with E-state index in [2.05, 4.69) is 22.5 Å². The van der Waals surface area contributed by atoms with Crippen molar-refractivity contribution in [2.45, 2.75) is 64.6 Å². The molecule has 1 amide bonds. The van der Waals surface area contributed by atoms with E-state index in [1.165, 1.54) is 12.0 Å². The van der Waals surface area contributed by atoms with E-state index in [1.807, 2.05) is 45.3 Å². The van der Waals surface area contributed by atoms with Crippen molar-refractivity contribution in [3.63, 3.8) is 0 Å². The highest BCUT2D eigenvalue weighted by atomic mass is 16.6. The minimum absolute atomic E-state index is 0.283. The third-order valence-electron chi connectivity index (χ3n) is 4.24. The largest absolute Gasteiger partial charge is 0.444 e. The first-order chi connectivity index (χ1) is 10.8. The van der Waals surface area contributed by atoms with Gasteiger partial charge in [-0.15, -0.1) is 0 Å². The SMILES string of the molecule is CC(NC1CCCC1CNC(=O)OC(C)(C)C)c1ccncc1. The Hall–Kier alpha value is -1.62. The average molecular weight is 319 g/mol. The molecule has 1 aliphatic rings. The number of carbonyl (C=O) groups is 1. The third-order valence-corrected chi connectivity index (χ3v) is 4.24. The number of alkyl carbamates (subject to hydrolysis) is 1. The molecule has 2 rings (SSSR count). The quantitative estimate of drug-likeness (QED) is 0.873. The van der Waals surface area contributed by atoms with E-state index in [9.17, 15) is 4.79 Å². The van der Waals surface area contributed by atoms with E-state index in [1.54, 1.807) is 0 Å². The summed E-state index contributed by atoms with van der Waals surface area (Å²) in [5, 5.41) is 6.61. The summed E-state index contributed by atoms with van der Waals surface area (Å²) in [7, 11) is 0. The average Bonchev–Trinajstić information content (AvgIpc) is 2.91. The van der Waals surface area contributed by atoms with Gasteiger partial charge in [-0.25, -0.2) is 4.79 Å². The molecule has 2 N–H and O–H groups in total. The summed E-state index contributed by atoms with van der Waals surface area (Å²) in [6.07, 6.45) is 6.80. The van der Waals surface area contributed by atoms with Gasteiger partial charge in [0.15, 0.2) is 0 Å². The fraction of sp³-hybridized carbons (Fsp3) is 0.667. The lowest BCUT2D eigenvalue weighted by atomic mass is 10.0. The summed E-state index contributed by atoms with van der Waals surface area (Å²) in [4.78, 5) is 15.9. The van der Waals surface area contributed by atoms with Gasteiger partial charge in [-0.1, -0.05) is 6.42 Å². The van der Waals surface area contributed by atoms with Crippen molar-refractivity contribution in [1.82, 2.24) is 15.6 Å². The Balaban J connectivity index is 1.82. The van der Waals surface area contributed by atoms with Gasteiger partial charge >= 0.3 is 6.09 Å². The fourth-order valence-electron chi connectivity index (χ4n) is 3.10. The summed E-state index contributed by atoms with van der Waals surface area (Å²) < 4.78 is 5.31. The first-order valence-electron chi connectivity index (χ1n) is 8.48. The van der Waals surface area contributed by atoms with Gasteiger partial charge in [0.25, 0.3) is 0 Å². The number of nitrogens with one attached hydrogen (secondary N) is 2. The molecule has 1 aromatic rings. The van der Waals surface area contributed by atoms with E-state index in [0.29, 0.717) is 18.5 Å². The second-order valence-electron chi connectivity index (χ2n) is 7.35. The number of carbonyl (C=O) groups excluding carboxylic acids is 1. The van der Waals surface area contributed by atoms with Gasteiger partial charge < -0.3 is 15.4 Å². The molecule has 1 saturated carbocycles. The predicted octanol–water partition coefficient (Wildman–Crippen LogP) is 3.43. The summed E-state index contributed by atoms with van der Waals surface area (Å²) in [5.74, 6) is 0.451. The fourth-order valence-corrected chi connectivity index (χ4v) is 3.10. The van der Waals surface area contributed by atoms with E-state index in [-0.39, 0.29) is 12.1 Å². The number of amides is 1. The second kappa shape index (κ2) is 7.77. The second-order valence-corrected chi connectivity index (χ2v) is 7.35. The topological polar surface area (TPSA) is 63.2 Å². The number of ether oxygens (including phenoxy) is 1. The Kier molecular flexibility index (Phi) is 5.99. The van der Waals surface area contributed by atoms with Gasteiger partial charge in [-0.05, 0) is 64.2 Å². The molecule has 0 aliphatic heterocycles. The normalized spacial score (nSPS) is 22.6. The monoisotopic (exact) mass is 319 g/mol. The van der Waals surface area contributed by atoms with Crippen molar-refractivity contribution in [3.8, 4) is 0 Å². The van der Waals surface area contributed by atoms with Crippen molar-refractivity contribution in [2.24, 2.45) is 5.92 Å². The molecule has 1 heterocycles. The van der Waals surface area contributed by atoms with Gasteiger partial charge in [0.05, 0.1) is 0 Å². The third kappa shape index (κ3) is 5.82. The minimum atomic E-state index is -0.451. The number of nitrogens with zero attached hydrogens (tertiary/aromatic N) is 1. The lowest BCUT2D eigenvalue weighted by Crippen LogP contribution is -2.41. The summed E-state index contributed by atoms with van der Waals surface area (Å²) in [6.45, 7) is 8.47. The highest BCUT2D eigenvalue weighted by molar-refractivity contribution is 5.67. The molecule has 3 unspecified atom stereocenters. The van der Waals surface area contributed by atoms with Crippen LogP contribution in [0.5, 0.6) is 0 Å². The van der Waals surface area contributed by atoms with Crippen LogP contribution in [0.2, 0.25) is 0 Å². The van der Waals surface area contributed by atoms with Gasteiger partial charge in [0.1, 0.15) is 5.60 Å². The molecular weight excluding hydrogens is 290 g/mol. The van der Waals surface area contributed by atoms with Crippen molar-refractivity contribution in [1.29, 1.82) is 0 Å². The maximum Gasteiger partial charge on any atom is 0.407 e. The van der Waals surface area contributed by atoms with Gasteiger partial charge in [0.2, 0.25) is 0 Å². The summed E-state index contributed by atoms with van der Waals surface area (Å²) >= 11 is 0. The maximum absolute atomic E-state index is 11.8. The molecule has 1 aliphatic carbocycles.